The van der Waals surface area contributed by atoms with Gasteiger partial charge in [0, 0.05) is 24.4 Å². The summed E-state index contributed by atoms with van der Waals surface area (Å²) in [7, 11) is 0. The lowest BCUT2D eigenvalue weighted by Crippen LogP contribution is -1.91. The molecule has 0 fully saturated rings. The van der Waals surface area contributed by atoms with Gasteiger partial charge in [-0.15, -0.1) is 10.2 Å². The van der Waals surface area contributed by atoms with E-state index >= 15 is 0 Å². The number of halogens is 1. The van der Waals surface area contributed by atoms with Crippen molar-refractivity contribution in [1.29, 1.82) is 0 Å². The van der Waals surface area contributed by atoms with E-state index in [4.69, 9.17) is 16.3 Å². The van der Waals surface area contributed by atoms with Crippen LogP contribution in [0.2, 0.25) is 5.15 Å². The van der Waals surface area contributed by atoms with Crippen molar-refractivity contribution in [2.75, 3.05) is 6.61 Å². The Morgan fingerprint density at radius 1 is 1.26 bits per heavy atom. The molecule has 0 unspecified atom stereocenters. The van der Waals surface area contributed by atoms with Gasteiger partial charge in [0.1, 0.15) is 5.75 Å². The Labute approximate surface area is 113 Å². The number of hydrogen-bond acceptors (Lipinski definition) is 4. The van der Waals surface area contributed by atoms with Crippen molar-refractivity contribution in [2.24, 2.45) is 0 Å². The van der Waals surface area contributed by atoms with E-state index in [0.29, 0.717) is 10.8 Å². The van der Waals surface area contributed by atoms with E-state index in [1.165, 1.54) is 5.56 Å². The van der Waals surface area contributed by atoms with Gasteiger partial charge in [0.15, 0.2) is 16.6 Å². The number of aromatic nitrogens is 4. The van der Waals surface area contributed by atoms with Crippen LogP contribution in [0.5, 0.6) is 5.75 Å². The predicted molar refractivity (Wildman–Crippen MR) is 70.4 cm³/mol. The largest absolute Gasteiger partial charge is 0.493 e. The average Bonchev–Trinajstić information content (AvgIpc) is 3.04. The average molecular weight is 273 g/mol. The molecule has 0 saturated heterocycles. The van der Waals surface area contributed by atoms with E-state index in [9.17, 15) is 0 Å². The van der Waals surface area contributed by atoms with Crippen molar-refractivity contribution in [2.45, 2.75) is 6.42 Å². The molecule has 0 spiro atoms. The molecule has 4 rings (SSSR count). The highest BCUT2D eigenvalue weighted by molar-refractivity contribution is 6.32. The first-order valence-electron chi connectivity index (χ1n) is 5.94. The summed E-state index contributed by atoms with van der Waals surface area (Å²) in [5.41, 5.74) is 2.77. The molecular formula is C13H9ClN4O. The van der Waals surface area contributed by atoms with Crippen molar-refractivity contribution in [3.8, 4) is 17.1 Å². The highest BCUT2D eigenvalue weighted by Gasteiger charge is 2.16. The summed E-state index contributed by atoms with van der Waals surface area (Å²) in [5.74, 6) is 1.71. The molecule has 0 bridgehead atoms. The summed E-state index contributed by atoms with van der Waals surface area (Å²) >= 11 is 6.00. The van der Waals surface area contributed by atoms with Crippen LogP contribution in [0.25, 0.3) is 17.0 Å². The Bertz CT molecular complexity index is 783. The van der Waals surface area contributed by atoms with E-state index in [2.05, 4.69) is 21.2 Å². The van der Waals surface area contributed by atoms with Crippen LogP contribution in [0, 0.1) is 0 Å². The van der Waals surface area contributed by atoms with Crippen LogP contribution in [0.4, 0.5) is 0 Å². The molecule has 0 atom stereocenters. The zero-order valence-corrected chi connectivity index (χ0v) is 10.6. The van der Waals surface area contributed by atoms with Crippen LogP contribution < -0.4 is 4.74 Å². The van der Waals surface area contributed by atoms with Gasteiger partial charge in [-0.1, -0.05) is 11.6 Å². The molecule has 5 nitrogen and oxygen atoms in total. The first-order chi connectivity index (χ1) is 9.33. The second kappa shape index (κ2) is 3.93. The number of fused-ring (bicyclic) bond motifs is 2. The van der Waals surface area contributed by atoms with Gasteiger partial charge in [-0.3, -0.25) is 4.40 Å². The summed E-state index contributed by atoms with van der Waals surface area (Å²) in [6.07, 6.45) is 4.38. The minimum absolute atomic E-state index is 0.353. The zero-order valence-electron chi connectivity index (χ0n) is 9.88. The second-order valence-electron chi connectivity index (χ2n) is 4.36. The molecule has 1 aromatic carbocycles. The van der Waals surface area contributed by atoms with Gasteiger partial charge in [-0.2, -0.15) is 0 Å². The molecule has 0 aliphatic carbocycles. The lowest BCUT2D eigenvalue weighted by atomic mass is 10.1. The molecule has 0 saturated carbocycles. The standard InChI is InChI=1S/C13H9ClN4O/c14-11-13-17-16-12(18(13)5-4-15-11)9-1-2-10-8(7-9)3-6-19-10/h1-2,4-5,7H,3,6H2. The fourth-order valence-corrected chi connectivity index (χ4v) is 2.50. The molecule has 19 heavy (non-hydrogen) atoms. The molecule has 0 amide bonds. The molecule has 3 heterocycles. The highest BCUT2D eigenvalue weighted by atomic mass is 35.5. The van der Waals surface area contributed by atoms with Gasteiger partial charge in [0.2, 0.25) is 0 Å². The molecular weight excluding hydrogens is 264 g/mol. The minimum atomic E-state index is 0.353. The maximum Gasteiger partial charge on any atom is 0.198 e. The van der Waals surface area contributed by atoms with E-state index in [1.807, 2.05) is 16.5 Å². The SMILES string of the molecule is Clc1nccn2c(-c3ccc4c(c3)CCO4)nnc12. The van der Waals surface area contributed by atoms with Crippen LogP contribution in [0.1, 0.15) is 5.56 Å². The molecule has 1 aliphatic rings. The fourth-order valence-electron chi connectivity index (χ4n) is 2.32. The second-order valence-corrected chi connectivity index (χ2v) is 4.71. The maximum absolute atomic E-state index is 6.00. The first-order valence-corrected chi connectivity index (χ1v) is 6.32. The summed E-state index contributed by atoms with van der Waals surface area (Å²) in [6.45, 7) is 0.745. The van der Waals surface area contributed by atoms with Crippen LogP contribution in [-0.4, -0.2) is 26.2 Å². The molecule has 1 aliphatic heterocycles. The number of rotatable bonds is 1. The number of benzene rings is 1. The maximum atomic E-state index is 6.00. The predicted octanol–water partition coefficient (Wildman–Crippen LogP) is 2.38. The van der Waals surface area contributed by atoms with E-state index < -0.39 is 0 Å². The monoisotopic (exact) mass is 272 g/mol. The lowest BCUT2D eigenvalue weighted by molar-refractivity contribution is 0.357. The van der Waals surface area contributed by atoms with Crippen LogP contribution in [0.15, 0.2) is 30.6 Å². The highest BCUT2D eigenvalue weighted by Crippen LogP contribution is 2.30. The van der Waals surface area contributed by atoms with Crippen molar-refractivity contribution < 1.29 is 4.74 Å². The summed E-state index contributed by atoms with van der Waals surface area (Å²) in [5, 5.41) is 8.63. The van der Waals surface area contributed by atoms with Crippen LogP contribution >= 0.6 is 11.6 Å². The third kappa shape index (κ3) is 1.58. The third-order valence-electron chi connectivity index (χ3n) is 3.23. The van der Waals surface area contributed by atoms with Crippen molar-refractivity contribution in [3.63, 3.8) is 0 Å². The molecule has 2 aromatic heterocycles. The van der Waals surface area contributed by atoms with Crippen LogP contribution in [-0.2, 0) is 6.42 Å². The number of ether oxygens (including phenoxy) is 1. The van der Waals surface area contributed by atoms with Gasteiger partial charge in [0.25, 0.3) is 0 Å². The van der Waals surface area contributed by atoms with Crippen LogP contribution in [0.3, 0.4) is 0 Å². The molecule has 94 valence electrons. The Morgan fingerprint density at radius 2 is 2.21 bits per heavy atom. The molecule has 0 N–H and O–H groups in total. The Kier molecular flexibility index (Phi) is 2.22. The fraction of sp³-hybridized carbons (Fsp3) is 0.154. The third-order valence-corrected chi connectivity index (χ3v) is 3.50. The minimum Gasteiger partial charge on any atom is -0.493 e. The quantitative estimate of drug-likeness (QED) is 0.682. The van der Waals surface area contributed by atoms with Gasteiger partial charge >= 0.3 is 0 Å². The van der Waals surface area contributed by atoms with Crippen molar-refractivity contribution in [1.82, 2.24) is 19.6 Å². The van der Waals surface area contributed by atoms with Gasteiger partial charge < -0.3 is 4.74 Å². The number of hydrogen-bond donors (Lipinski definition) is 0. The summed E-state index contributed by atoms with van der Waals surface area (Å²) in [4.78, 5) is 3.99. The summed E-state index contributed by atoms with van der Waals surface area (Å²) in [6, 6.07) is 6.05. The topological polar surface area (TPSA) is 52.3 Å². The first kappa shape index (κ1) is 10.8. The van der Waals surface area contributed by atoms with E-state index in [1.54, 1.807) is 12.4 Å². The normalized spacial score (nSPS) is 13.5. The smallest absolute Gasteiger partial charge is 0.198 e. The Hall–Kier alpha value is -2.14. The molecule has 0 radical (unpaired) electrons. The zero-order chi connectivity index (χ0) is 12.8. The van der Waals surface area contributed by atoms with Crippen molar-refractivity contribution >= 4 is 17.2 Å². The van der Waals surface area contributed by atoms with Crippen molar-refractivity contribution in [3.05, 3.63) is 41.3 Å². The number of nitrogens with zero attached hydrogens (tertiary/aromatic N) is 4. The molecule has 3 aromatic rings. The lowest BCUT2D eigenvalue weighted by Gasteiger charge is -2.03. The van der Waals surface area contributed by atoms with Gasteiger partial charge in [-0.05, 0) is 23.8 Å². The van der Waals surface area contributed by atoms with Gasteiger partial charge in [0.05, 0.1) is 6.61 Å². The molecule has 6 heteroatoms. The van der Waals surface area contributed by atoms with E-state index in [0.717, 1.165) is 30.2 Å². The van der Waals surface area contributed by atoms with Gasteiger partial charge in [-0.25, -0.2) is 4.98 Å². The Morgan fingerprint density at radius 3 is 3.16 bits per heavy atom. The van der Waals surface area contributed by atoms with E-state index in [-0.39, 0.29) is 0 Å². The Balaban J connectivity index is 1.93. The summed E-state index contributed by atoms with van der Waals surface area (Å²) < 4.78 is 7.34.